The van der Waals surface area contributed by atoms with Crippen LogP contribution in [-0.2, 0) is 0 Å². The average molecular weight is 228 g/mol. The summed E-state index contributed by atoms with van der Waals surface area (Å²) in [5.74, 6) is 6.72. The molecule has 1 aromatic heterocycles. The number of hydrogen-bond donors (Lipinski definition) is 3. The second-order valence-electron chi connectivity index (χ2n) is 3.98. The Bertz CT molecular complexity index is 523. The van der Waals surface area contributed by atoms with Gasteiger partial charge in [0.2, 0.25) is 0 Å². The van der Waals surface area contributed by atoms with Crippen molar-refractivity contribution in [2.45, 2.75) is 13.8 Å². The summed E-state index contributed by atoms with van der Waals surface area (Å²) in [7, 11) is 0. The third-order valence-corrected chi connectivity index (χ3v) is 2.68. The van der Waals surface area contributed by atoms with Crippen molar-refractivity contribution < 1.29 is 0 Å². The highest BCUT2D eigenvalue weighted by Gasteiger charge is 1.99. The number of nitrogens with zero attached hydrogens (tertiary/aromatic N) is 1. The van der Waals surface area contributed by atoms with Crippen LogP contribution in [0.3, 0.4) is 0 Å². The lowest BCUT2D eigenvalue weighted by Gasteiger charge is -2.09. The lowest BCUT2D eigenvalue weighted by molar-refractivity contribution is 1.22. The van der Waals surface area contributed by atoms with Gasteiger partial charge < -0.3 is 10.7 Å². The van der Waals surface area contributed by atoms with Crippen molar-refractivity contribution in [1.82, 2.24) is 4.98 Å². The zero-order chi connectivity index (χ0) is 12.3. The molecule has 0 amide bonds. The van der Waals surface area contributed by atoms with E-state index in [1.807, 2.05) is 24.3 Å². The zero-order valence-corrected chi connectivity index (χ0v) is 9.99. The molecule has 1 heterocycles. The molecule has 0 aliphatic heterocycles. The Morgan fingerprint density at radius 2 is 1.76 bits per heavy atom. The minimum Gasteiger partial charge on any atom is -0.340 e. The summed E-state index contributed by atoms with van der Waals surface area (Å²) in [6.07, 6.45) is 0. The van der Waals surface area contributed by atoms with E-state index in [1.165, 1.54) is 11.1 Å². The first-order valence-corrected chi connectivity index (χ1v) is 5.47. The van der Waals surface area contributed by atoms with E-state index in [1.54, 1.807) is 0 Å². The maximum absolute atomic E-state index is 5.32. The number of pyridine rings is 1. The molecule has 0 saturated heterocycles. The summed E-state index contributed by atoms with van der Waals surface area (Å²) in [6.45, 7) is 4.18. The van der Waals surface area contributed by atoms with Crippen LogP contribution in [0.5, 0.6) is 0 Å². The van der Waals surface area contributed by atoms with Gasteiger partial charge in [-0.1, -0.05) is 12.1 Å². The molecule has 0 saturated carbocycles. The van der Waals surface area contributed by atoms with Crippen molar-refractivity contribution in [1.29, 1.82) is 0 Å². The Balaban J connectivity index is 2.22. The van der Waals surface area contributed by atoms with Crippen LogP contribution < -0.4 is 16.6 Å². The number of benzene rings is 1. The molecule has 17 heavy (non-hydrogen) atoms. The first-order chi connectivity index (χ1) is 8.19. The fourth-order valence-electron chi connectivity index (χ4n) is 1.55. The van der Waals surface area contributed by atoms with E-state index in [0.29, 0.717) is 5.82 Å². The summed E-state index contributed by atoms with van der Waals surface area (Å²) in [4.78, 5) is 4.29. The lowest BCUT2D eigenvalue weighted by Crippen LogP contribution is -2.08. The number of nitrogen functional groups attached to an aromatic ring is 1. The van der Waals surface area contributed by atoms with Crippen molar-refractivity contribution in [3.8, 4) is 0 Å². The normalized spacial score (nSPS) is 10.1. The van der Waals surface area contributed by atoms with Gasteiger partial charge in [0, 0.05) is 5.69 Å². The van der Waals surface area contributed by atoms with E-state index in [2.05, 4.69) is 41.7 Å². The number of anilines is 3. The molecule has 0 aliphatic carbocycles. The smallest absolute Gasteiger partial charge is 0.142 e. The summed E-state index contributed by atoms with van der Waals surface area (Å²) < 4.78 is 0. The van der Waals surface area contributed by atoms with Gasteiger partial charge in [-0.15, -0.1) is 0 Å². The van der Waals surface area contributed by atoms with Crippen LogP contribution in [0.1, 0.15) is 11.1 Å². The Kier molecular flexibility index (Phi) is 3.25. The molecule has 0 radical (unpaired) electrons. The van der Waals surface area contributed by atoms with E-state index < -0.39 is 0 Å². The predicted octanol–water partition coefficient (Wildman–Crippen LogP) is 2.73. The van der Waals surface area contributed by atoms with Crippen LogP contribution in [0.15, 0.2) is 36.4 Å². The average Bonchev–Trinajstić information content (AvgIpc) is 2.34. The van der Waals surface area contributed by atoms with Gasteiger partial charge in [-0.05, 0) is 49.2 Å². The standard InChI is InChI=1S/C13H16N4/c1-9-6-7-11(8-10(9)2)15-12-4-3-5-13(16-12)17-14/h3-8H,14H2,1-2H3,(H2,15,16,17). The molecule has 4 nitrogen and oxygen atoms in total. The molecule has 1 aromatic carbocycles. The molecule has 0 fully saturated rings. The molecular formula is C13H16N4. The Morgan fingerprint density at radius 3 is 2.47 bits per heavy atom. The Morgan fingerprint density at radius 1 is 1.00 bits per heavy atom. The quantitative estimate of drug-likeness (QED) is 0.558. The molecule has 88 valence electrons. The second-order valence-corrected chi connectivity index (χ2v) is 3.98. The molecular weight excluding hydrogens is 212 g/mol. The minimum atomic E-state index is 0.638. The molecule has 2 aromatic rings. The Hall–Kier alpha value is -2.07. The van der Waals surface area contributed by atoms with Crippen molar-refractivity contribution in [3.63, 3.8) is 0 Å². The fraction of sp³-hybridized carbons (Fsp3) is 0.154. The van der Waals surface area contributed by atoms with Gasteiger partial charge in [0.25, 0.3) is 0 Å². The Labute approximate surface area is 101 Å². The summed E-state index contributed by atoms with van der Waals surface area (Å²) in [5, 5.41) is 3.24. The third kappa shape index (κ3) is 2.73. The van der Waals surface area contributed by atoms with E-state index in [0.717, 1.165) is 11.5 Å². The van der Waals surface area contributed by atoms with Crippen LogP contribution in [0.2, 0.25) is 0 Å². The van der Waals surface area contributed by atoms with E-state index in [-0.39, 0.29) is 0 Å². The van der Waals surface area contributed by atoms with Gasteiger partial charge in [0.15, 0.2) is 0 Å². The van der Waals surface area contributed by atoms with Gasteiger partial charge in [0.1, 0.15) is 11.6 Å². The van der Waals surface area contributed by atoms with Crippen molar-refractivity contribution in [3.05, 3.63) is 47.5 Å². The zero-order valence-electron chi connectivity index (χ0n) is 9.99. The third-order valence-electron chi connectivity index (χ3n) is 2.68. The molecule has 0 aliphatic rings. The summed E-state index contributed by atoms with van der Waals surface area (Å²) >= 11 is 0. The highest BCUT2D eigenvalue weighted by atomic mass is 15.3. The summed E-state index contributed by atoms with van der Waals surface area (Å²) in [5.41, 5.74) is 6.08. The summed E-state index contributed by atoms with van der Waals surface area (Å²) in [6, 6.07) is 11.8. The molecule has 0 bridgehead atoms. The predicted molar refractivity (Wildman–Crippen MR) is 71.2 cm³/mol. The monoisotopic (exact) mass is 228 g/mol. The van der Waals surface area contributed by atoms with Gasteiger partial charge in [-0.3, -0.25) is 0 Å². The van der Waals surface area contributed by atoms with E-state index >= 15 is 0 Å². The lowest BCUT2D eigenvalue weighted by atomic mass is 10.1. The fourth-order valence-corrected chi connectivity index (χ4v) is 1.55. The number of hydrazine groups is 1. The largest absolute Gasteiger partial charge is 0.340 e. The first-order valence-electron chi connectivity index (χ1n) is 5.47. The van der Waals surface area contributed by atoms with Gasteiger partial charge in [-0.25, -0.2) is 10.8 Å². The van der Waals surface area contributed by atoms with E-state index in [4.69, 9.17) is 5.84 Å². The van der Waals surface area contributed by atoms with Gasteiger partial charge in [-0.2, -0.15) is 0 Å². The van der Waals surface area contributed by atoms with Crippen LogP contribution in [-0.4, -0.2) is 4.98 Å². The van der Waals surface area contributed by atoms with Crippen LogP contribution >= 0.6 is 0 Å². The maximum Gasteiger partial charge on any atom is 0.142 e. The molecule has 0 spiro atoms. The van der Waals surface area contributed by atoms with Gasteiger partial charge >= 0.3 is 0 Å². The van der Waals surface area contributed by atoms with E-state index in [9.17, 15) is 0 Å². The maximum atomic E-state index is 5.32. The first kappa shape index (κ1) is 11.4. The molecule has 4 N–H and O–H groups in total. The van der Waals surface area contributed by atoms with Crippen molar-refractivity contribution in [2.75, 3.05) is 10.7 Å². The molecule has 4 heteroatoms. The second kappa shape index (κ2) is 4.84. The number of nitrogens with one attached hydrogen (secondary N) is 2. The number of hydrogen-bond acceptors (Lipinski definition) is 4. The van der Waals surface area contributed by atoms with Gasteiger partial charge in [0.05, 0.1) is 0 Å². The number of aromatic nitrogens is 1. The molecule has 2 rings (SSSR count). The van der Waals surface area contributed by atoms with Crippen molar-refractivity contribution in [2.24, 2.45) is 5.84 Å². The number of aryl methyl sites for hydroxylation is 2. The van der Waals surface area contributed by atoms with Crippen LogP contribution in [0.4, 0.5) is 17.3 Å². The highest BCUT2D eigenvalue weighted by Crippen LogP contribution is 2.19. The number of nitrogens with two attached hydrogens (primary N) is 1. The van der Waals surface area contributed by atoms with Crippen molar-refractivity contribution >= 4 is 17.3 Å². The number of rotatable bonds is 3. The van der Waals surface area contributed by atoms with Crippen LogP contribution in [0, 0.1) is 13.8 Å². The minimum absolute atomic E-state index is 0.638. The molecule has 0 unspecified atom stereocenters. The SMILES string of the molecule is Cc1ccc(Nc2cccc(NN)n2)cc1C. The molecule has 0 atom stereocenters. The topological polar surface area (TPSA) is 63.0 Å². The highest BCUT2D eigenvalue weighted by molar-refractivity contribution is 5.59. The van der Waals surface area contributed by atoms with Crippen LogP contribution in [0.25, 0.3) is 0 Å².